The van der Waals surface area contributed by atoms with Crippen molar-refractivity contribution in [3.63, 3.8) is 0 Å². The van der Waals surface area contributed by atoms with Crippen LogP contribution in [0.5, 0.6) is 11.5 Å². The molecule has 112 valence electrons. The summed E-state index contributed by atoms with van der Waals surface area (Å²) in [6.07, 6.45) is 9.95. The minimum atomic E-state index is 0.714. The van der Waals surface area contributed by atoms with Crippen molar-refractivity contribution in [3.05, 3.63) is 23.8 Å². The van der Waals surface area contributed by atoms with Crippen molar-refractivity contribution < 1.29 is 14.3 Å². The van der Waals surface area contributed by atoms with Gasteiger partial charge in [-0.05, 0) is 37.0 Å². The zero-order valence-electron chi connectivity index (χ0n) is 12.7. The lowest BCUT2D eigenvalue weighted by Gasteiger charge is -2.09. The predicted molar refractivity (Wildman–Crippen MR) is 81.6 cm³/mol. The Hall–Kier alpha value is -1.51. The molecule has 0 atom stereocenters. The molecule has 1 aromatic carbocycles. The van der Waals surface area contributed by atoms with Gasteiger partial charge in [-0.3, -0.25) is 0 Å². The molecule has 0 heterocycles. The van der Waals surface area contributed by atoms with Crippen LogP contribution in [0.2, 0.25) is 0 Å². The lowest BCUT2D eigenvalue weighted by atomic mass is 10.0. The van der Waals surface area contributed by atoms with Gasteiger partial charge < -0.3 is 14.3 Å². The number of unbranched alkanes of at least 4 members (excludes halogenated alkanes) is 6. The summed E-state index contributed by atoms with van der Waals surface area (Å²) in [6.45, 7) is 0. The number of aldehydes is 1. The highest BCUT2D eigenvalue weighted by Gasteiger charge is 2.04. The van der Waals surface area contributed by atoms with Crippen molar-refractivity contribution in [1.82, 2.24) is 0 Å². The van der Waals surface area contributed by atoms with Crippen LogP contribution in [0.4, 0.5) is 0 Å². The molecule has 1 rings (SSSR count). The van der Waals surface area contributed by atoms with Gasteiger partial charge in [-0.25, -0.2) is 0 Å². The van der Waals surface area contributed by atoms with Gasteiger partial charge in [0.05, 0.1) is 14.2 Å². The van der Waals surface area contributed by atoms with Crippen LogP contribution in [0.3, 0.4) is 0 Å². The fraction of sp³-hybridized carbons (Fsp3) is 0.588. The highest BCUT2D eigenvalue weighted by Crippen LogP contribution is 2.28. The largest absolute Gasteiger partial charge is 0.493 e. The van der Waals surface area contributed by atoms with Gasteiger partial charge in [-0.1, -0.05) is 31.7 Å². The second-order valence-corrected chi connectivity index (χ2v) is 5.02. The molecule has 0 amide bonds. The average molecular weight is 278 g/mol. The van der Waals surface area contributed by atoms with E-state index in [-0.39, 0.29) is 0 Å². The molecule has 0 aliphatic heterocycles. The van der Waals surface area contributed by atoms with E-state index in [9.17, 15) is 4.79 Å². The molecule has 20 heavy (non-hydrogen) atoms. The van der Waals surface area contributed by atoms with Crippen LogP contribution in [-0.2, 0) is 11.2 Å². The summed E-state index contributed by atoms with van der Waals surface area (Å²) < 4.78 is 10.5. The van der Waals surface area contributed by atoms with Crippen molar-refractivity contribution in [2.75, 3.05) is 14.2 Å². The summed E-state index contributed by atoms with van der Waals surface area (Å²) in [7, 11) is 3.32. The normalized spacial score (nSPS) is 10.3. The van der Waals surface area contributed by atoms with Crippen LogP contribution >= 0.6 is 0 Å². The molecule has 0 aromatic heterocycles. The van der Waals surface area contributed by atoms with Gasteiger partial charge in [-0.2, -0.15) is 0 Å². The molecular weight excluding hydrogens is 252 g/mol. The maximum absolute atomic E-state index is 10.2. The first-order valence-corrected chi connectivity index (χ1v) is 7.46. The number of ether oxygens (including phenoxy) is 2. The molecule has 0 N–H and O–H groups in total. The molecule has 3 heteroatoms. The highest BCUT2D eigenvalue weighted by atomic mass is 16.5. The second kappa shape index (κ2) is 10.3. The van der Waals surface area contributed by atoms with E-state index in [1.165, 1.54) is 37.7 Å². The molecule has 0 spiro atoms. The SMILES string of the molecule is COc1ccc(CCCCCCCCC=O)cc1OC. The van der Waals surface area contributed by atoms with E-state index in [0.29, 0.717) is 6.42 Å². The van der Waals surface area contributed by atoms with E-state index in [4.69, 9.17) is 9.47 Å². The van der Waals surface area contributed by atoms with Crippen LogP contribution in [0.1, 0.15) is 50.5 Å². The van der Waals surface area contributed by atoms with E-state index >= 15 is 0 Å². The van der Waals surface area contributed by atoms with Crippen LogP contribution in [-0.4, -0.2) is 20.5 Å². The molecular formula is C17H26O3. The summed E-state index contributed by atoms with van der Waals surface area (Å²) in [6, 6.07) is 6.13. The monoisotopic (exact) mass is 278 g/mol. The van der Waals surface area contributed by atoms with Gasteiger partial charge in [0.15, 0.2) is 11.5 Å². The van der Waals surface area contributed by atoms with Crippen molar-refractivity contribution in [1.29, 1.82) is 0 Å². The van der Waals surface area contributed by atoms with Crippen molar-refractivity contribution in [2.24, 2.45) is 0 Å². The Labute approximate surface area is 122 Å². The van der Waals surface area contributed by atoms with E-state index in [1.54, 1.807) is 14.2 Å². The van der Waals surface area contributed by atoms with E-state index in [0.717, 1.165) is 30.6 Å². The zero-order chi connectivity index (χ0) is 14.6. The van der Waals surface area contributed by atoms with Gasteiger partial charge in [-0.15, -0.1) is 0 Å². The number of benzene rings is 1. The molecule has 3 nitrogen and oxygen atoms in total. The van der Waals surface area contributed by atoms with Crippen molar-refractivity contribution >= 4 is 6.29 Å². The maximum atomic E-state index is 10.2. The zero-order valence-corrected chi connectivity index (χ0v) is 12.7. The Balaban J connectivity index is 2.20. The third-order valence-electron chi connectivity index (χ3n) is 3.49. The van der Waals surface area contributed by atoms with Crippen LogP contribution in [0.15, 0.2) is 18.2 Å². The average Bonchev–Trinajstić information content (AvgIpc) is 2.49. The Morgan fingerprint density at radius 1 is 0.900 bits per heavy atom. The number of hydrogen-bond donors (Lipinski definition) is 0. The Morgan fingerprint density at radius 3 is 2.20 bits per heavy atom. The minimum Gasteiger partial charge on any atom is -0.493 e. The Morgan fingerprint density at radius 2 is 1.55 bits per heavy atom. The smallest absolute Gasteiger partial charge is 0.160 e. The Bertz CT molecular complexity index is 388. The number of carbonyl (C=O) groups excluding carboxylic acids is 1. The third kappa shape index (κ3) is 6.09. The first-order chi connectivity index (χ1) is 9.81. The van der Waals surface area contributed by atoms with Crippen LogP contribution < -0.4 is 9.47 Å². The van der Waals surface area contributed by atoms with Crippen LogP contribution in [0.25, 0.3) is 0 Å². The van der Waals surface area contributed by atoms with E-state index in [2.05, 4.69) is 12.1 Å². The molecule has 0 radical (unpaired) electrons. The molecule has 0 unspecified atom stereocenters. The summed E-state index contributed by atoms with van der Waals surface area (Å²) in [5.41, 5.74) is 1.30. The first kappa shape index (κ1) is 16.5. The first-order valence-electron chi connectivity index (χ1n) is 7.46. The summed E-state index contributed by atoms with van der Waals surface area (Å²) >= 11 is 0. The van der Waals surface area contributed by atoms with Gasteiger partial charge in [0.1, 0.15) is 6.29 Å². The summed E-state index contributed by atoms with van der Waals surface area (Å²) in [5.74, 6) is 1.59. The van der Waals surface area contributed by atoms with Gasteiger partial charge in [0, 0.05) is 6.42 Å². The molecule has 0 aliphatic rings. The van der Waals surface area contributed by atoms with Crippen molar-refractivity contribution in [3.8, 4) is 11.5 Å². The highest BCUT2D eigenvalue weighted by molar-refractivity contribution is 5.48. The Kier molecular flexibility index (Phi) is 8.52. The fourth-order valence-corrected chi connectivity index (χ4v) is 2.30. The maximum Gasteiger partial charge on any atom is 0.160 e. The summed E-state index contributed by atoms with van der Waals surface area (Å²) in [5, 5.41) is 0. The number of aryl methyl sites for hydroxylation is 1. The standard InChI is InChI=1S/C17H26O3/c1-19-16-12-11-15(14-17(16)20-2)10-8-6-4-3-5-7-9-13-18/h11-14H,3-10H2,1-2H3. The number of methoxy groups -OCH3 is 2. The fourth-order valence-electron chi connectivity index (χ4n) is 2.30. The van der Waals surface area contributed by atoms with E-state index < -0.39 is 0 Å². The van der Waals surface area contributed by atoms with Gasteiger partial charge in [0.2, 0.25) is 0 Å². The molecule has 0 bridgehead atoms. The topological polar surface area (TPSA) is 35.5 Å². The van der Waals surface area contributed by atoms with Crippen LogP contribution in [0, 0.1) is 0 Å². The molecule has 0 saturated heterocycles. The quantitative estimate of drug-likeness (QED) is 0.450. The van der Waals surface area contributed by atoms with Gasteiger partial charge >= 0.3 is 0 Å². The van der Waals surface area contributed by atoms with Crippen molar-refractivity contribution in [2.45, 2.75) is 51.4 Å². The van der Waals surface area contributed by atoms with E-state index in [1.807, 2.05) is 6.07 Å². The molecule has 0 fully saturated rings. The second-order valence-electron chi connectivity index (χ2n) is 5.02. The third-order valence-corrected chi connectivity index (χ3v) is 3.49. The number of rotatable bonds is 11. The number of hydrogen-bond acceptors (Lipinski definition) is 3. The number of carbonyl (C=O) groups is 1. The lowest BCUT2D eigenvalue weighted by molar-refractivity contribution is -0.107. The summed E-state index contributed by atoms with van der Waals surface area (Å²) in [4.78, 5) is 10.2. The van der Waals surface area contributed by atoms with Gasteiger partial charge in [0.25, 0.3) is 0 Å². The molecule has 0 saturated carbocycles. The minimum absolute atomic E-state index is 0.714. The predicted octanol–water partition coefficient (Wildman–Crippen LogP) is 4.18. The molecule has 0 aliphatic carbocycles. The lowest BCUT2D eigenvalue weighted by Crippen LogP contribution is -1.93. The molecule has 1 aromatic rings.